The summed E-state index contributed by atoms with van der Waals surface area (Å²) >= 11 is 0. The molecular formula is C13H17N3O2. The van der Waals surface area contributed by atoms with Crippen LogP contribution < -0.4 is 16.0 Å². The zero-order valence-corrected chi connectivity index (χ0v) is 10.4. The Morgan fingerprint density at radius 2 is 2.22 bits per heavy atom. The first kappa shape index (κ1) is 12.4. The maximum absolute atomic E-state index is 12.0. The summed E-state index contributed by atoms with van der Waals surface area (Å²) in [6.45, 7) is 0.0618. The van der Waals surface area contributed by atoms with Crippen LogP contribution >= 0.6 is 0 Å². The van der Waals surface area contributed by atoms with Crippen molar-refractivity contribution in [3.8, 4) is 0 Å². The second-order valence-corrected chi connectivity index (χ2v) is 4.39. The Labute approximate surface area is 106 Å². The van der Waals surface area contributed by atoms with Crippen molar-refractivity contribution in [2.45, 2.75) is 19.3 Å². The molecule has 5 heteroatoms. The van der Waals surface area contributed by atoms with Gasteiger partial charge in [-0.15, -0.1) is 0 Å². The first-order chi connectivity index (χ1) is 8.61. The van der Waals surface area contributed by atoms with Gasteiger partial charge in [0, 0.05) is 24.8 Å². The van der Waals surface area contributed by atoms with E-state index in [0.29, 0.717) is 12.1 Å². The predicted octanol–water partition coefficient (Wildman–Crippen LogP) is 0.684. The van der Waals surface area contributed by atoms with Crippen LogP contribution in [0.1, 0.15) is 18.4 Å². The van der Waals surface area contributed by atoms with Gasteiger partial charge in [0.25, 0.3) is 0 Å². The Morgan fingerprint density at radius 3 is 2.94 bits per heavy atom. The third kappa shape index (κ3) is 2.45. The molecule has 0 fully saturated rings. The van der Waals surface area contributed by atoms with E-state index in [-0.39, 0.29) is 18.4 Å². The fourth-order valence-corrected chi connectivity index (χ4v) is 2.16. The topological polar surface area (TPSA) is 75.4 Å². The van der Waals surface area contributed by atoms with Crippen molar-refractivity contribution in [2.75, 3.05) is 24.2 Å². The Morgan fingerprint density at radius 1 is 1.44 bits per heavy atom. The van der Waals surface area contributed by atoms with Gasteiger partial charge in [-0.25, -0.2) is 0 Å². The van der Waals surface area contributed by atoms with Crippen LogP contribution in [0.2, 0.25) is 0 Å². The number of aryl methyl sites for hydroxylation is 1. The molecule has 0 atom stereocenters. The molecule has 0 saturated heterocycles. The van der Waals surface area contributed by atoms with Gasteiger partial charge in [-0.3, -0.25) is 9.59 Å². The van der Waals surface area contributed by atoms with Crippen LogP contribution in [0.15, 0.2) is 18.2 Å². The molecular weight excluding hydrogens is 230 g/mol. The SMILES string of the molecule is CNC(=O)CN1C(=O)CCCc2cc(N)ccc21. The summed E-state index contributed by atoms with van der Waals surface area (Å²) in [5.41, 5.74) is 8.27. The maximum Gasteiger partial charge on any atom is 0.239 e. The van der Waals surface area contributed by atoms with Crippen molar-refractivity contribution in [3.05, 3.63) is 23.8 Å². The van der Waals surface area contributed by atoms with Gasteiger partial charge in [0.1, 0.15) is 6.54 Å². The zero-order chi connectivity index (χ0) is 13.1. The number of hydrogen-bond acceptors (Lipinski definition) is 3. The third-order valence-corrected chi connectivity index (χ3v) is 3.11. The van der Waals surface area contributed by atoms with Crippen molar-refractivity contribution >= 4 is 23.2 Å². The largest absolute Gasteiger partial charge is 0.399 e. The minimum Gasteiger partial charge on any atom is -0.399 e. The molecule has 0 aliphatic carbocycles. The van der Waals surface area contributed by atoms with Crippen molar-refractivity contribution in [1.82, 2.24) is 5.32 Å². The average molecular weight is 247 g/mol. The molecule has 1 aromatic carbocycles. The smallest absolute Gasteiger partial charge is 0.239 e. The molecule has 0 spiro atoms. The highest BCUT2D eigenvalue weighted by molar-refractivity contribution is 6.00. The number of fused-ring (bicyclic) bond motifs is 1. The van der Waals surface area contributed by atoms with E-state index in [0.717, 1.165) is 24.1 Å². The highest BCUT2D eigenvalue weighted by Gasteiger charge is 2.23. The molecule has 5 nitrogen and oxygen atoms in total. The fraction of sp³-hybridized carbons (Fsp3) is 0.385. The molecule has 96 valence electrons. The highest BCUT2D eigenvalue weighted by atomic mass is 16.2. The zero-order valence-electron chi connectivity index (χ0n) is 10.4. The molecule has 0 bridgehead atoms. The molecule has 1 aliphatic heterocycles. The minimum absolute atomic E-state index is 0.0119. The lowest BCUT2D eigenvalue weighted by molar-refractivity contribution is -0.123. The number of hydrogen-bond donors (Lipinski definition) is 2. The van der Waals surface area contributed by atoms with Crippen LogP contribution in [-0.4, -0.2) is 25.4 Å². The lowest BCUT2D eigenvalue weighted by atomic mass is 10.1. The van der Waals surface area contributed by atoms with Crippen LogP contribution in [-0.2, 0) is 16.0 Å². The predicted molar refractivity (Wildman–Crippen MR) is 70.2 cm³/mol. The lowest BCUT2D eigenvalue weighted by Gasteiger charge is -2.22. The lowest BCUT2D eigenvalue weighted by Crippen LogP contribution is -2.39. The molecule has 0 aromatic heterocycles. The van der Waals surface area contributed by atoms with Crippen LogP contribution in [0.25, 0.3) is 0 Å². The van der Waals surface area contributed by atoms with Crippen LogP contribution in [0.5, 0.6) is 0 Å². The van der Waals surface area contributed by atoms with Gasteiger partial charge in [0.15, 0.2) is 0 Å². The van der Waals surface area contributed by atoms with Gasteiger partial charge in [-0.05, 0) is 36.6 Å². The number of carbonyl (C=O) groups excluding carboxylic acids is 2. The Bertz CT molecular complexity index is 485. The maximum atomic E-state index is 12.0. The first-order valence-corrected chi connectivity index (χ1v) is 6.01. The number of benzene rings is 1. The van der Waals surface area contributed by atoms with Crippen molar-refractivity contribution < 1.29 is 9.59 Å². The molecule has 0 saturated carbocycles. The minimum atomic E-state index is -0.173. The van der Waals surface area contributed by atoms with Gasteiger partial charge < -0.3 is 16.0 Å². The van der Waals surface area contributed by atoms with E-state index in [1.807, 2.05) is 12.1 Å². The van der Waals surface area contributed by atoms with Gasteiger partial charge in [-0.1, -0.05) is 0 Å². The average Bonchev–Trinajstić information content (AvgIpc) is 2.49. The number of nitrogens with two attached hydrogens (primary N) is 1. The molecule has 2 amide bonds. The van der Waals surface area contributed by atoms with E-state index in [1.54, 1.807) is 18.0 Å². The molecule has 1 heterocycles. The number of rotatable bonds is 2. The van der Waals surface area contributed by atoms with E-state index in [2.05, 4.69) is 5.32 Å². The molecule has 0 unspecified atom stereocenters. The normalized spacial score (nSPS) is 14.9. The Balaban J connectivity index is 2.37. The van der Waals surface area contributed by atoms with E-state index in [1.165, 1.54) is 0 Å². The summed E-state index contributed by atoms with van der Waals surface area (Å²) < 4.78 is 0. The Kier molecular flexibility index (Phi) is 3.50. The summed E-state index contributed by atoms with van der Waals surface area (Å²) in [7, 11) is 1.56. The molecule has 18 heavy (non-hydrogen) atoms. The number of nitrogens with one attached hydrogen (secondary N) is 1. The third-order valence-electron chi connectivity index (χ3n) is 3.11. The first-order valence-electron chi connectivity index (χ1n) is 6.01. The van der Waals surface area contributed by atoms with E-state index in [9.17, 15) is 9.59 Å². The van der Waals surface area contributed by atoms with Crippen molar-refractivity contribution in [2.24, 2.45) is 0 Å². The van der Waals surface area contributed by atoms with Crippen LogP contribution in [0.3, 0.4) is 0 Å². The van der Waals surface area contributed by atoms with Gasteiger partial charge >= 0.3 is 0 Å². The van der Waals surface area contributed by atoms with Gasteiger partial charge in [0.2, 0.25) is 11.8 Å². The monoisotopic (exact) mass is 247 g/mol. The number of likely N-dealkylation sites (N-methyl/N-ethyl adjacent to an activating group) is 1. The van der Waals surface area contributed by atoms with Crippen LogP contribution in [0, 0.1) is 0 Å². The molecule has 2 rings (SSSR count). The fourth-order valence-electron chi connectivity index (χ4n) is 2.16. The van der Waals surface area contributed by atoms with Crippen LogP contribution in [0.4, 0.5) is 11.4 Å². The van der Waals surface area contributed by atoms with E-state index >= 15 is 0 Å². The number of carbonyl (C=O) groups is 2. The van der Waals surface area contributed by atoms with E-state index < -0.39 is 0 Å². The highest BCUT2D eigenvalue weighted by Crippen LogP contribution is 2.28. The number of nitrogens with zero attached hydrogens (tertiary/aromatic N) is 1. The second kappa shape index (κ2) is 5.08. The summed E-state index contributed by atoms with van der Waals surface area (Å²) in [5.74, 6) is -0.185. The quantitative estimate of drug-likeness (QED) is 0.755. The van der Waals surface area contributed by atoms with Gasteiger partial charge in [0.05, 0.1) is 0 Å². The number of anilines is 2. The van der Waals surface area contributed by atoms with Crippen molar-refractivity contribution in [3.63, 3.8) is 0 Å². The number of nitrogen functional groups attached to an aromatic ring is 1. The summed E-state index contributed by atoms with van der Waals surface area (Å²) in [4.78, 5) is 25.1. The molecule has 1 aromatic rings. The summed E-state index contributed by atoms with van der Waals surface area (Å²) in [5, 5.41) is 2.54. The molecule has 3 N–H and O–H groups in total. The standard InChI is InChI=1S/C13H17N3O2/c1-15-12(17)8-16-11-6-5-10(14)7-9(11)3-2-4-13(16)18/h5-7H,2-4,8,14H2,1H3,(H,15,17). The Hall–Kier alpha value is -2.04. The molecule has 1 aliphatic rings. The summed E-state index contributed by atoms with van der Waals surface area (Å²) in [6.07, 6.45) is 2.07. The van der Waals surface area contributed by atoms with Crippen molar-refractivity contribution in [1.29, 1.82) is 0 Å². The second-order valence-electron chi connectivity index (χ2n) is 4.39. The van der Waals surface area contributed by atoms with E-state index in [4.69, 9.17) is 5.73 Å². The van der Waals surface area contributed by atoms with Gasteiger partial charge in [-0.2, -0.15) is 0 Å². The summed E-state index contributed by atoms with van der Waals surface area (Å²) in [6, 6.07) is 5.45. The molecule has 0 radical (unpaired) electrons. The number of amides is 2.